The molecule has 0 fully saturated rings. The van der Waals surface area contributed by atoms with Gasteiger partial charge in [0.15, 0.2) is 0 Å². The van der Waals surface area contributed by atoms with Crippen molar-refractivity contribution >= 4 is 5.91 Å². The molecule has 0 aliphatic carbocycles. The molecule has 2 atom stereocenters. The van der Waals surface area contributed by atoms with Gasteiger partial charge in [-0.15, -0.1) is 0 Å². The van der Waals surface area contributed by atoms with E-state index in [1.807, 2.05) is 0 Å². The van der Waals surface area contributed by atoms with Gasteiger partial charge in [0.05, 0.1) is 12.2 Å². The summed E-state index contributed by atoms with van der Waals surface area (Å²) in [4.78, 5) is 10.6. The molecule has 5 heteroatoms. The molecule has 0 aliphatic rings. The quantitative estimate of drug-likeness (QED) is 0.308. The van der Waals surface area contributed by atoms with E-state index in [4.69, 9.17) is 10.8 Å². The Labute approximate surface area is 141 Å². The van der Waals surface area contributed by atoms with E-state index in [1.165, 1.54) is 51.4 Å². The average molecular weight is 330 g/mol. The summed E-state index contributed by atoms with van der Waals surface area (Å²) in [5.74, 6) is -0.196. The summed E-state index contributed by atoms with van der Waals surface area (Å²) >= 11 is 0. The molecule has 0 aromatic heterocycles. The highest BCUT2D eigenvalue weighted by atomic mass is 16.3. The summed E-state index contributed by atoms with van der Waals surface area (Å²) in [5.41, 5.74) is 5.09. The van der Waals surface area contributed by atoms with Crippen LogP contribution in [-0.2, 0) is 4.79 Å². The largest absolute Gasteiger partial charge is 0.396 e. The van der Waals surface area contributed by atoms with Crippen LogP contribution in [0.5, 0.6) is 0 Å². The lowest BCUT2D eigenvalue weighted by molar-refractivity contribution is -0.118. The van der Waals surface area contributed by atoms with Gasteiger partial charge >= 0.3 is 0 Å². The lowest BCUT2D eigenvalue weighted by atomic mass is 10.0. The van der Waals surface area contributed by atoms with Crippen molar-refractivity contribution in [1.82, 2.24) is 0 Å². The fraction of sp³-hybridized carbons (Fsp3) is 0.889. The molecule has 2 unspecified atom stereocenters. The molecule has 23 heavy (non-hydrogen) atoms. The van der Waals surface area contributed by atoms with E-state index in [2.05, 4.69) is 0 Å². The normalized spacial score (nSPS) is 13.9. The summed E-state index contributed by atoms with van der Waals surface area (Å²) in [6.45, 7) is -0.205. The van der Waals surface area contributed by atoms with Crippen molar-refractivity contribution in [3.05, 3.63) is 6.42 Å². The van der Waals surface area contributed by atoms with Gasteiger partial charge in [-0.2, -0.15) is 0 Å². The fourth-order valence-electron chi connectivity index (χ4n) is 2.68. The van der Waals surface area contributed by atoms with Crippen molar-refractivity contribution < 1.29 is 20.1 Å². The molecule has 0 bridgehead atoms. The first-order valence-corrected chi connectivity index (χ1v) is 9.16. The Kier molecular flexibility index (Phi) is 15.8. The maximum absolute atomic E-state index is 10.6. The molecule has 0 aromatic rings. The molecule has 1 amide bonds. The van der Waals surface area contributed by atoms with E-state index in [0.29, 0.717) is 12.8 Å². The fourth-order valence-corrected chi connectivity index (χ4v) is 2.68. The first-order valence-electron chi connectivity index (χ1n) is 9.16. The predicted molar refractivity (Wildman–Crippen MR) is 92.6 cm³/mol. The van der Waals surface area contributed by atoms with E-state index >= 15 is 0 Å². The first-order chi connectivity index (χ1) is 11.1. The van der Waals surface area contributed by atoms with E-state index < -0.39 is 12.2 Å². The van der Waals surface area contributed by atoms with E-state index in [1.54, 1.807) is 0 Å². The summed E-state index contributed by atoms with van der Waals surface area (Å²) < 4.78 is 0. The van der Waals surface area contributed by atoms with Crippen LogP contribution >= 0.6 is 0 Å². The van der Waals surface area contributed by atoms with Crippen LogP contribution in [0.25, 0.3) is 0 Å². The van der Waals surface area contributed by atoms with Gasteiger partial charge in [-0.3, -0.25) is 4.79 Å². The molecule has 0 heterocycles. The number of carbonyl (C=O) groups excluding carboxylic acids is 1. The van der Waals surface area contributed by atoms with Crippen LogP contribution in [0.15, 0.2) is 0 Å². The van der Waals surface area contributed by atoms with Crippen molar-refractivity contribution in [2.24, 2.45) is 5.73 Å². The minimum Gasteiger partial charge on any atom is -0.396 e. The molecule has 5 N–H and O–H groups in total. The second-order valence-electron chi connectivity index (χ2n) is 6.37. The SMILES string of the molecule is NC(=O)CCCCCCCCCCCCCC(O)C(O)[CH]CO. The molecule has 0 saturated carbocycles. The summed E-state index contributed by atoms with van der Waals surface area (Å²) in [6.07, 6.45) is 13.4. The van der Waals surface area contributed by atoms with E-state index in [9.17, 15) is 15.0 Å². The number of aliphatic hydroxyl groups is 3. The molecule has 0 rings (SSSR count). The molecule has 0 saturated heterocycles. The average Bonchev–Trinajstić information content (AvgIpc) is 2.51. The second kappa shape index (κ2) is 16.2. The summed E-state index contributed by atoms with van der Waals surface area (Å²) in [5, 5.41) is 27.7. The van der Waals surface area contributed by atoms with Gasteiger partial charge in [0.2, 0.25) is 5.91 Å². The van der Waals surface area contributed by atoms with Gasteiger partial charge in [0, 0.05) is 19.4 Å². The lowest BCUT2D eigenvalue weighted by Gasteiger charge is -2.16. The van der Waals surface area contributed by atoms with Crippen LogP contribution in [0.2, 0.25) is 0 Å². The molecule has 1 radical (unpaired) electrons. The number of hydrogen-bond acceptors (Lipinski definition) is 4. The molecule has 0 aromatic carbocycles. The maximum Gasteiger partial charge on any atom is 0.217 e. The van der Waals surface area contributed by atoms with Gasteiger partial charge in [-0.05, 0) is 12.8 Å². The van der Waals surface area contributed by atoms with E-state index in [-0.39, 0.29) is 12.5 Å². The number of unbranched alkanes of at least 4 members (excludes halogenated alkanes) is 10. The van der Waals surface area contributed by atoms with Gasteiger partial charge in [0.1, 0.15) is 0 Å². The highest BCUT2D eigenvalue weighted by molar-refractivity contribution is 5.73. The number of carbonyl (C=O) groups is 1. The van der Waals surface area contributed by atoms with Crippen LogP contribution in [0.3, 0.4) is 0 Å². The maximum atomic E-state index is 10.6. The van der Waals surface area contributed by atoms with Crippen LogP contribution in [-0.4, -0.2) is 40.0 Å². The van der Waals surface area contributed by atoms with Crippen molar-refractivity contribution in [2.45, 2.75) is 95.7 Å². The number of primary amides is 1. The highest BCUT2D eigenvalue weighted by Crippen LogP contribution is 2.14. The summed E-state index contributed by atoms with van der Waals surface area (Å²) in [7, 11) is 0. The molecular formula is C18H36NO4. The van der Waals surface area contributed by atoms with Gasteiger partial charge in [0.25, 0.3) is 0 Å². The van der Waals surface area contributed by atoms with Crippen LogP contribution < -0.4 is 5.73 Å². The van der Waals surface area contributed by atoms with Crippen LogP contribution in [0.1, 0.15) is 83.5 Å². The topological polar surface area (TPSA) is 104 Å². The van der Waals surface area contributed by atoms with Gasteiger partial charge < -0.3 is 21.1 Å². The summed E-state index contributed by atoms with van der Waals surface area (Å²) in [6, 6.07) is 0. The monoisotopic (exact) mass is 330 g/mol. The Morgan fingerprint density at radius 3 is 1.70 bits per heavy atom. The standard InChI is InChI=1S/C18H36NO4/c19-18(23)13-11-9-7-5-3-1-2-4-6-8-10-12-16(21)17(22)14-15-20/h14,16-17,20-22H,1-13,15H2,(H2,19,23). The molecule has 0 aliphatic heterocycles. The Bertz CT molecular complexity index is 274. The zero-order valence-electron chi connectivity index (χ0n) is 14.5. The number of hydrogen-bond donors (Lipinski definition) is 4. The molecule has 5 nitrogen and oxygen atoms in total. The van der Waals surface area contributed by atoms with Crippen molar-refractivity contribution in [1.29, 1.82) is 0 Å². The Morgan fingerprint density at radius 1 is 0.826 bits per heavy atom. The Hall–Kier alpha value is -0.650. The lowest BCUT2D eigenvalue weighted by Crippen LogP contribution is -2.27. The zero-order valence-corrected chi connectivity index (χ0v) is 14.5. The first kappa shape index (κ1) is 22.4. The molecule has 0 spiro atoms. The highest BCUT2D eigenvalue weighted by Gasteiger charge is 2.14. The zero-order chi connectivity index (χ0) is 17.3. The van der Waals surface area contributed by atoms with E-state index in [0.717, 1.165) is 25.7 Å². The number of nitrogens with two attached hydrogens (primary N) is 1. The minimum atomic E-state index is -0.914. The third-order valence-electron chi connectivity index (χ3n) is 4.16. The van der Waals surface area contributed by atoms with Crippen molar-refractivity contribution in [3.8, 4) is 0 Å². The van der Waals surface area contributed by atoms with Gasteiger partial charge in [-0.1, -0.05) is 64.2 Å². The second-order valence-corrected chi connectivity index (χ2v) is 6.37. The van der Waals surface area contributed by atoms with Crippen molar-refractivity contribution in [3.63, 3.8) is 0 Å². The number of amides is 1. The Balaban J connectivity index is 3.17. The Morgan fingerprint density at radius 2 is 1.26 bits per heavy atom. The third kappa shape index (κ3) is 16.0. The van der Waals surface area contributed by atoms with Crippen LogP contribution in [0, 0.1) is 6.42 Å². The third-order valence-corrected chi connectivity index (χ3v) is 4.16. The molecular weight excluding hydrogens is 294 g/mol. The number of rotatable bonds is 17. The smallest absolute Gasteiger partial charge is 0.217 e. The van der Waals surface area contributed by atoms with Gasteiger partial charge in [-0.25, -0.2) is 0 Å². The van der Waals surface area contributed by atoms with Crippen LogP contribution in [0.4, 0.5) is 0 Å². The molecule has 137 valence electrons. The predicted octanol–water partition coefficient (Wildman–Crippen LogP) is 2.46. The van der Waals surface area contributed by atoms with Crippen molar-refractivity contribution in [2.75, 3.05) is 6.61 Å². The minimum absolute atomic E-state index is 0.196. The number of aliphatic hydroxyl groups excluding tert-OH is 3.